The van der Waals surface area contributed by atoms with Crippen molar-refractivity contribution in [3.05, 3.63) is 6.20 Å². The third-order valence-corrected chi connectivity index (χ3v) is 2.21. The van der Waals surface area contributed by atoms with Gasteiger partial charge in [-0.1, -0.05) is 0 Å². The standard InChI is InChI=1S/C8H11N5O/c9-8-10-5-7(11-12-8)13-3-1-6(14)2-4-13/h5H,1-4H2,(H2,9,10,12). The summed E-state index contributed by atoms with van der Waals surface area (Å²) in [6, 6.07) is 0. The van der Waals surface area contributed by atoms with Crippen molar-refractivity contribution in [2.24, 2.45) is 0 Å². The third kappa shape index (κ3) is 1.78. The van der Waals surface area contributed by atoms with Gasteiger partial charge in [0, 0.05) is 25.9 Å². The SMILES string of the molecule is Nc1ncc(N2CCC(=O)CC2)nn1. The van der Waals surface area contributed by atoms with Crippen molar-refractivity contribution < 1.29 is 4.79 Å². The van der Waals surface area contributed by atoms with Gasteiger partial charge in [0.2, 0.25) is 5.95 Å². The summed E-state index contributed by atoms with van der Waals surface area (Å²) < 4.78 is 0. The maximum atomic E-state index is 11.0. The lowest BCUT2D eigenvalue weighted by atomic mass is 10.1. The molecule has 74 valence electrons. The van der Waals surface area contributed by atoms with Crippen molar-refractivity contribution in [1.29, 1.82) is 0 Å². The Kier molecular flexibility index (Phi) is 2.26. The average Bonchev–Trinajstić information content (AvgIpc) is 2.21. The monoisotopic (exact) mass is 193 g/mol. The van der Waals surface area contributed by atoms with Crippen LogP contribution in [0.3, 0.4) is 0 Å². The Hall–Kier alpha value is -1.72. The highest BCUT2D eigenvalue weighted by Crippen LogP contribution is 2.13. The van der Waals surface area contributed by atoms with E-state index in [-0.39, 0.29) is 5.95 Å². The zero-order valence-corrected chi connectivity index (χ0v) is 7.68. The van der Waals surface area contributed by atoms with Crippen molar-refractivity contribution in [3.8, 4) is 0 Å². The van der Waals surface area contributed by atoms with Gasteiger partial charge in [-0.05, 0) is 0 Å². The summed E-state index contributed by atoms with van der Waals surface area (Å²) in [5, 5.41) is 7.57. The molecule has 1 aromatic rings. The number of Topliss-reactive ketones (excluding diaryl/α,β-unsaturated/α-hetero) is 1. The molecule has 0 unspecified atom stereocenters. The summed E-state index contributed by atoms with van der Waals surface area (Å²) >= 11 is 0. The smallest absolute Gasteiger partial charge is 0.240 e. The lowest BCUT2D eigenvalue weighted by Crippen LogP contribution is -2.34. The van der Waals surface area contributed by atoms with E-state index in [1.807, 2.05) is 4.90 Å². The topological polar surface area (TPSA) is 85.0 Å². The molecule has 0 spiro atoms. The lowest BCUT2D eigenvalue weighted by Gasteiger charge is -2.25. The van der Waals surface area contributed by atoms with Crippen LogP contribution >= 0.6 is 0 Å². The quantitative estimate of drug-likeness (QED) is 0.654. The first-order chi connectivity index (χ1) is 6.75. The van der Waals surface area contributed by atoms with Crippen LogP contribution in [-0.4, -0.2) is 34.1 Å². The number of hydrogen-bond donors (Lipinski definition) is 1. The molecule has 14 heavy (non-hydrogen) atoms. The highest BCUT2D eigenvalue weighted by molar-refractivity contribution is 5.80. The number of carbonyl (C=O) groups excluding carboxylic acids is 1. The number of carbonyl (C=O) groups is 1. The Balaban J connectivity index is 2.08. The fourth-order valence-electron chi connectivity index (χ4n) is 1.41. The van der Waals surface area contributed by atoms with Crippen LogP contribution in [0, 0.1) is 0 Å². The Morgan fingerprint density at radius 1 is 1.29 bits per heavy atom. The summed E-state index contributed by atoms with van der Waals surface area (Å²) in [4.78, 5) is 16.8. The van der Waals surface area contributed by atoms with E-state index in [0.717, 1.165) is 0 Å². The van der Waals surface area contributed by atoms with E-state index < -0.39 is 0 Å². The molecule has 0 bridgehead atoms. The zero-order valence-electron chi connectivity index (χ0n) is 7.68. The number of aromatic nitrogens is 3. The molecule has 0 amide bonds. The Labute approximate surface area is 81.1 Å². The van der Waals surface area contributed by atoms with E-state index in [1.165, 1.54) is 0 Å². The van der Waals surface area contributed by atoms with Crippen LogP contribution < -0.4 is 10.6 Å². The van der Waals surface area contributed by atoms with Gasteiger partial charge in [-0.15, -0.1) is 10.2 Å². The fourth-order valence-corrected chi connectivity index (χ4v) is 1.41. The molecule has 0 saturated carbocycles. The van der Waals surface area contributed by atoms with E-state index >= 15 is 0 Å². The molecule has 0 aromatic carbocycles. The second kappa shape index (κ2) is 3.57. The minimum atomic E-state index is 0.168. The molecular weight excluding hydrogens is 182 g/mol. The van der Waals surface area contributed by atoms with E-state index in [1.54, 1.807) is 6.20 Å². The summed E-state index contributed by atoms with van der Waals surface area (Å²) in [6.07, 6.45) is 2.73. The van der Waals surface area contributed by atoms with Gasteiger partial charge in [-0.2, -0.15) is 0 Å². The number of piperidine rings is 1. The van der Waals surface area contributed by atoms with Crippen LogP contribution in [0.2, 0.25) is 0 Å². The molecule has 0 atom stereocenters. The van der Waals surface area contributed by atoms with Crippen molar-refractivity contribution in [3.63, 3.8) is 0 Å². The number of hydrogen-bond acceptors (Lipinski definition) is 6. The number of nitrogen functional groups attached to an aromatic ring is 1. The predicted molar refractivity (Wildman–Crippen MR) is 50.7 cm³/mol. The number of ketones is 1. The molecule has 1 aliphatic rings. The molecule has 2 N–H and O–H groups in total. The molecule has 2 heterocycles. The van der Waals surface area contributed by atoms with Crippen molar-refractivity contribution in [2.75, 3.05) is 23.7 Å². The van der Waals surface area contributed by atoms with Gasteiger partial charge in [-0.25, -0.2) is 4.98 Å². The number of rotatable bonds is 1. The minimum Gasteiger partial charge on any atom is -0.366 e. The van der Waals surface area contributed by atoms with E-state index in [2.05, 4.69) is 15.2 Å². The molecule has 6 heteroatoms. The summed E-state index contributed by atoms with van der Waals surface area (Å²) in [5.74, 6) is 1.16. The van der Waals surface area contributed by atoms with E-state index in [9.17, 15) is 4.79 Å². The molecule has 6 nitrogen and oxygen atoms in total. The third-order valence-electron chi connectivity index (χ3n) is 2.21. The maximum Gasteiger partial charge on any atom is 0.240 e. The second-order valence-electron chi connectivity index (χ2n) is 3.20. The lowest BCUT2D eigenvalue weighted by molar-refractivity contribution is -0.119. The number of nitrogens with two attached hydrogens (primary N) is 1. The number of anilines is 2. The van der Waals surface area contributed by atoms with Crippen LogP contribution in [0.15, 0.2) is 6.20 Å². The Bertz CT molecular complexity index is 326. The second-order valence-corrected chi connectivity index (χ2v) is 3.20. The van der Waals surface area contributed by atoms with Crippen LogP contribution in [0.25, 0.3) is 0 Å². The normalized spacial score (nSPS) is 17.1. The number of nitrogens with zero attached hydrogens (tertiary/aromatic N) is 4. The van der Waals surface area contributed by atoms with Crippen LogP contribution in [0.4, 0.5) is 11.8 Å². The molecule has 2 rings (SSSR count). The minimum absolute atomic E-state index is 0.168. The van der Waals surface area contributed by atoms with Crippen LogP contribution in [0.1, 0.15) is 12.8 Å². The van der Waals surface area contributed by atoms with Gasteiger partial charge in [0.25, 0.3) is 0 Å². The summed E-state index contributed by atoms with van der Waals surface area (Å²) in [7, 11) is 0. The van der Waals surface area contributed by atoms with Crippen LogP contribution in [0.5, 0.6) is 0 Å². The van der Waals surface area contributed by atoms with E-state index in [4.69, 9.17) is 5.73 Å². The van der Waals surface area contributed by atoms with Crippen molar-refractivity contribution in [2.45, 2.75) is 12.8 Å². The van der Waals surface area contributed by atoms with E-state index in [0.29, 0.717) is 37.5 Å². The molecule has 1 aromatic heterocycles. The fraction of sp³-hybridized carbons (Fsp3) is 0.500. The average molecular weight is 193 g/mol. The predicted octanol–water partition coefficient (Wildman–Crippen LogP) is -0.377. The molecule has 1 aliphatic heterocycles. The molecule has 0 radical (unpaired) electrons. The zero-order chi connectivity index (χ0) is 9.97. The van der Waals surface area contributed by atoms with Gasteiger partial charge < -0.3 is 10.6 Å². The van der Waals surface area contributed by atoms with Gasteiger partial charge in [-0.3, -0.25) is 4.79 Å². The van der Waals surface area contributed by atoms with Crippen LogP contribution in [-0.2, 0) is 4.79 Å². The first kappa shape index (κ1) is 8.86. The van der Waals surface area contributed by atoms with Gasteiger partial charge in [0.1, 0.15) is 5.78 Å². The first-order valence-electron chi connectivity index (χ1n) is 4.47. The molecule has 1 saturated heterocycles. The highest BCUT2D eigenvalue weighted by Gasteiger charge is 2.17. The summed E-state index contributed by atoms with van der Waals surface area (Å²) in [5.41, 5.74) is 5.32. The molecular formula is C8H11N5O. The Morgan fingerprint density at radius 3 is 2.57 bits per heavy atom. The van der Waals surface area contributed by atoms with Gasteiger partial charge in [0.05, 0.1) is 6.20 Å². The van der Waals surface area contributed by atoms with Gasteiger partial charge in [0.15, 0.2) is 5.82 Å². The molecule has 1 fully saturated rings. The first-order valence-corrected chi connectivity index (χ1v) is 4.47. The highest BCUT2D eigenvalue weighted by atomic mass is 16.1. The van der Waals surface area contributed by atoms with Crippen molar-refractivity contribution >= 4 is 17.5 Å². The summed E-state index contributed by atoms with van der Waals surface area (Å²) in [6.45, 7) is 1.39. The molecule has 0 aliphatic carbocycles. The van der Waals surface area contributed by atoms with Gasteiger partial charge >= 0.3 is 0 Å². The largest absolute Gasteiger partial charge is 0.366 e. The maximum absolute atomic E-state index is 11.0. The van der Waals surface area contributed by atoms with Crippen molar-refractivity contribution in [1.82, 2.24) is 15.2 Å². The Morgan fingerprint density at radius 2 is 2.00 bits per heavy atom.